The van der Waals surface area contributed by atoms with Gasteiger partial charge in [-0.15, -0.1) is 0 Å². The summed E-state index contributed by atoms with van der Waals surface area (Å²) in [5, 5.41) is 7.70. The minimum absolute atomic E-state index is 0.0306. The van der Waals surface area contributed by atoms with E-state index in [4.69, 9.17) is 14.3 Å². The highest BCUT2D eigenvalue weighted by atomic mass is 32.2. The number of benzene rings is 2. The number of hydrogen-bond donors (Lipinski definition) is 2. The number of ether oxygens (including phenoxy) is 1. The van der Waals surface area contributed by atoms with Gasteiger partial charge >= 0.3 is 5.97 Å². The van der Waals surface area contributed by atoms with Gasteiger partial charge in [0.2, 0.25) is 10.0 Å². The van der Waals surface area contributed by atoms with Gasteiger partial charge in [0.25, 0.3) is 5.91 Å². The Kier molecular flexibility index (Phi) is 7.80. The molecule has 0 aliphatic rings. The molecule has 0 fully saturated rings. The summed E-state index contributed by atoms with van der Waals surface area (Å²) in [5.74, 6) is 0.492. The van der Waals surface area contributed by atoms with E-state index in [0.29, 0.717) is 25.1 Å². The molecule has 1 heterocycles. The van der Waals surface area contributed by atoms with Crippen LogP contribution in [0.15, 0.2) is 76.0 Å². The summed E-state index contributed by atoms with van der Waals surface area (Å²) in [6, 6.07) is 19.4. The van der Waals surface area contributed by atoms with E-state index in [-0.39, 0.29) is 17.9 Å². The van der Waals surface area contributed by atoms with Crippen molar-refractivity contribution < 1.29 is 27.2 Å². The fourth-order valence-corrected chi connectivity index (χ4v) is 3.47. The molecule has 1 aromatic heterocycles. The summed E-state index contributed by atoms with van der Waals surface area (Å²) < 4.78 is 33.2. The molecule has 0 aliphatic heterocycles. The molecule has 0 atom stereocenters. The van der Waals surface area contributed by atoms with Crippen molar-refractivity contribution in [1.29, 1.82) is 0 Å². The van der Waals surface area contributed by atoms with Crippen molar-refractivity contribution in [3.63, 3.8) is 0 Å². The Morgan fingerprint density at radius 2 is 1.66 bits per heavy atom. The van der Waals surface area contributed by atoms with E-state index in [1.54, 1.807) is 12.1 Å². The second-order valence-electron chi connectivity index (χ2n) is 7.08. The van der Waals surface area contributed by atoms with Crippen LogP contribution in [-0.4, -0.2) is 33.4 Å². The minimum atomic E-state index is -3.73. The number of rotatable bonds is 10. The van der Waals surface area contributed by atoms with Crippen LogP contribution in [0, 0.1) is 0 Å². The third-order valence-electron chi connectivity index (χ3n) is 4.65. The van der Waals surface area contributed by atoms with E-state index in [1.165, 1.54) is 12.1 Å². The first kappa shape index (κ1) is 23.2. The van der Waals surface area contributed by atoms with E-state index in [0.717, 1.165) is 16.9 Å². The predicted octanol–water partition coefficient (Wildman–Crippen LogP) is 2.43. The van der Waals surface area contributed by atoms with Crippen LogP contribution in [0.5, 0.6) is 0 Å². The molecule has 0 aliphatic carbocycles. The molecule has 32 heavy (non-hydrogen) atoms. The normalized spacial score (nSPS) is 11.2. The van der Waals surface area contributed by atoms with Crippen molar-refractivity contribution in [3.05, 3.63) is 78.1 Å². The highest BCUT2D eigenvalue weighted by molar-refractivity contribution is 7.89. The zero-order valence-corrected chi connectivity index (χ0v) is 18.1. The topological polar surface area (TPSA) is 129 Å². The second kappa shape index (κ2) is 10.7. The first-order valence-corrected chi connectivity index (χ1v) is 11.5. The first-order valence-electron chi connectivity index (χ1n) is 9.99. The molecule has 0 spiro atoms. The molecule has 0 radical (unpaired) electrons. The SMILES string of the molecule is NS(=O)(=O)c1ccc(CCNC(=O)COC(=O)CCc2ccc(-c3ccccc3)o2)cc1. The molecule has 0 bridgehead atoms. The lowest BCUT2D eigenvalue weighted by atomic mass is 10.1. The Morgan fingerprint density at radius 1 is 0.938 bits per heavy atom. The molecular weight excluding hydrogens is 432 g/mol. The molecule has 0 saturated heterocycles. The van der Waals surface area contributed by atoms with Gasteiger partial charge in [0.15, 0.2) is 6.61 Å². The first-order chi connectivity index (χ1) is 15.3. The lowest BCUT2D eigenvalue weighted by Gasteiger charge is -2.07. The van der Waals surface area contributed by atoms with Gasteiger partial charge in [-0.3, -0.25) is 9.59 Å². The number of sulfonamides is 1. The van der Waals surface area contributed by atoms with Crippen LogP contribution in [-0.2, 0) is 37.2 Å². The maximum absolute atomic E-state index is 11.9. The zero-order chi connectivity index (χ0) is 23.0. The molecule has 0 unspecified atom stereocenters. The van der Waals surface area contributed by atoms with Gasteiger partial charge in [0, 0.05) is 18.5 Å². The van der Waals surface area contributed by atoms with Crippen molar-refractivity contribution in [2.24, 2.45) is 5.14 Å². The molecular formula is C23H24N2O6S. The van der Waals surface area contributed by atoms with Gasteiger partial charge in [-0.05, 0) is 36.2 Å². The fourth-order valence-electron chi connectivity index (χ4n) is 2.96. The second-order valence-corrected chi connectivity index (χ2v) is 8.64. The van der Waals surface area contributed by atoms with Crippen molar-refractivity contribution >= 4 is 21.9 Å². The molecule has 3 rings (SSSR count). The summed E-state index contributed by atoms with van der Waals surface area (Å²) >= 11 is 0. The van der Waals surface area contributed by atoms with E-state index < -0.39 is 21.9 Å². The maximum Gasteiger partial charge on any atom is 0.306 e. The molecule has 168 valence electrons. The number of aryl methyl sites for hydroxylation is 1. The highest BCUT2D eigenvalue weighted by Gasteiger charge is 2.11. The molecule has 8 nitrogen and oxygen atoms in total. The predicted molar refractivity (Wildman–Crippen MR) is 118 cm³/mol. The average Bonchev–Trinajstić information content (AvgIpc) is 3.26. The third-order valence-corrected chi connectivity index (χ3v) is 5.58. The summed E-state index contributed by atoms with van der Waals surface area (Å²) in [6.45, 7) is -0.0453. The van der Waals surface area contributed by atoms with Crippen LogP contribution in [0.1, 0.15) is 17.7 Å². The van der Waals surface area contributed by atoms with Gasteiger partial charge in [-0.25, -0.2) is 13.6 Å². The van der Waals surface area contributed by atoms with Crippen LogP contribution in [0.4, 0.5) is 0 Å². The largest absolute Gasteiger partial charge is 0.461 e. The van der Waals surface area contributed by atoms with Gasteiger partial charge in [-0.2, -0.15) is 0 Å². The number of hydrogen-bond acceptors (Lipinski definition) is 6. The van der Waals surface area contributed by atoms with Crippen LogP contribution >= 0.6 is 0 Å². The summed E-state index contributed by atoms with van der Waals surface area (Å²) in [4.78, 5) is 23.8. The Labute approximate surface area is 186 Å². The number of nitrogens with one attached hydrogen (secondary N) is 1. The van der Waals surface area contributed by atoms with Crippen molar-refractivity contribution in [2.75, 3.05) is 13.2 Å². The number of carbonyl (C=O) groups excluding carboxylic acids is 2. The van der Waals surface area contributed by atoms with Gasteiger partial charge in [0.05, 0.1) is 11.3 Å². The highest BCUT2D eigenvalue weighted by Crippen LogP contribution is 2.22. The van der Waals surface area contributed by atoms with Crippen molar-refractivity contribution in [1.82, 2.24) is 5.32 Å². The Bertz CT molecular complexity index is 1150. The lowest BCUT2D eigenvalue weighted by Crippen LogP contribution is -2.30. The zero-order valence-electron chi connectivity index (χ0n) is 17.3. The fraction of sp³-hybridized carbons (Fsp3) is 0.217. The minimum Gasteiger partial charge on any atom is -0.461 e. The van der Waals surface area contributed by atoms with Crippen LogP contribution in [0.25, 0.3) is 11.3 Å². The molecule has 9 heteroatoms. The van der Waals surface area contributed by atoms with Crippen LogP contribution in [0.2, 0.25) is 0 Å². The summed E-state index contributed by atoms with van der Waals surface area (Å²) in [5.41, 5.74) is 1.79. The summed E-state index contributed by atoms with van der Waals surface area (Å²) in [6.07, 6.45) is 0.972. The average molecular weight is 457 g/mol. The van der Waals surface area contributed by atoms with Gasteiger partial charge < -0.3 is 14.5 Å². The van der Waals surface area contributed by atoms with Crippen LogP contribution in [0.3, 0.4) is 0 Å². The number of amides is 1. The van der Waals surface area contributed by atoms with Crippen molar-refractivity contribution in [3.8, 4) is 11.3 Å². The van der Waals surface area contributed by atoms with Gasteiger partial charge in [0.1, 0.15) is 11.5 Å². The molecule has 3 aromatic rings. The summed E-state index contributed by atoms with van der Waals surface area (Å²) in [7, 11) is -3.73. The quantitative estimate of drug-likeness (QED) is 0.451. The Morgan fingerprint density at radius 3 is 2.34 bits per heavy atom. The van der Waals surface area contributed by atoms with E-state index in [2.05, 4.69) is 5.32 Å². The molecule has 3 N–H and O–H groups in total. The lowest BCUT2D eigenvalue weighted by molar-refractivity contribution is -0.148. The molecule has 0 saturated carbocycles. The van der Waals surface area contributed by atoms with E-state index >= 15 is 0 Å². The molecule has 1 amide bonds. The number of carbonyl (C=O) groups is 2. The maximum atomic E-state index is 11.9. The number of esters is 1. The monoisotopic (exact) mass is 456 g/mol. The number of primary sulfonamides is 1. The van der Waals surface area contributed by atoms with E-state index in [9.17, 15) is 18.0 Å². The number of nitrogens with two attached hydrogens (primary N) is 1. The Hall–Kier alpha value is -3.43. The smallest absolute Gasteiger partial charge is 0.306 e. The standard InChI is InChI=1S/C23H24N2O6S/c24-32(28,29)20-10-6-17(7-11-20)14-15-25-22(26)16-30-23(27)13-9-19-8-12-21(31-19)18-4-2-1-3-5-18/h1-8,10-12H,9,13-16H2,(H,25,26)(H2,24,28,29). The Balaban J connectivity index is 1.33. The third kappa shape index (κ3) is 7.07. The van der Waals surface area contributed by atoms with Crippen molar-refractivity contribution in [2.45, 2.75) is 24.2 Å². The van der Waals surface area contributed by atoms with Crippen LogP contribution < -0.4 is 10.5 Å². The number of furan rings is 1. The molecule has 2 aromatic carbocycles. The van der Waals surface area contributed by atoms with E-state index in [1.807, 2.05) is 42.5 Å². The van der Waals surface area contributed by atoms with Gasteiger partial charge in [-0.1, -0.05) is 42.5 Å².